The van der Waals surface area contributed by atoms with E-state index >= 15 is 0 Å². The summed E-state index contributed by atoms with van der Waals surface area (Å²) in [7, 11) is 23.4. The maximum atomic E-state index is 2.68. The summed E-state index contributed by atoms with van der Waals surface area (Å²) in [5.74, 6) is 0. The van der Waals surface area contributed by atoms with Crippen molar-refractivity contribution >= 4 is 57.8 Å². The predicted molar refractivity (Wildman–Crippen MR) is 239 cm³/mol. The van der Waals surface area contributed by atoms with Crippen LogP contribution in [-0.2, 0) is 0 Å². The van der Waals surface area contributed by atoms with E-state index in [1.54, 1.807) is 0 Å². The molecule has 0 bridgehead atoms. The SMILES string of the molecule is CC1=CC(C)([Si](c2c(C)cc(N(C)C)c(C)c2N(C)C)(c2c(C)cc(N(C)C)c(C)c2N(C)C)c2c(C)cc(N(C)C)c(C)c2N(C)C)C(C)=C1C. The van der Waals surface area contributed by atoms with Gasteiger partial charge in [-0.05, 0) is 135 Å². The molecule has 0 amide bonds. The normalized spacial score (nSPS) is 16.0. The molecule has 0 saturated carbocycles. The largest absolute Gasteiger partial charge is 0.377 e. The Kier molecular flexibility index (Phi) is 11.2. The third-order valence-electron chi connectivity index (χ3n) is 12.3. The second-order valence-corrected chi connectivity index (χ2v) is 21.1. The van der Waals surface area contributed by atoms with Crippen LogP contribution in [0.4, 0.5) is 34.1 Å². The van der Waals surface area contributed by atoms with Gasteiger partial charge in [0, 0.05) is 124 Å². The van der Waals surface area contributed by atoms with Crippen LogP contribution in [-0.4, -0.2) is 92.6 Å². The molecule has 0 radical (unpaired) electrons. The zero-order valence-corrected chi connectivity index (χ0v) is 38.0. The van der Waals surface area contributed by atoms with Gasteiger partial charge >= 0.3 is 0 Å². The lowest BCUT2D eigenvalue weighted by Crippen LogP contribution is -2.76. The number of anilines is 6. The van der Waals surface area contributed by atoms with Gasteiger partial charge in [-0.3, -0.25) is 0 Å². The topological polar surface area (TPSA) is 19.4 Å². The van der Waals surface area contributed by atoms with Gasteiger partial charge in [0.1, 0.15) is 0 Å². The lowest BCUT2D eigenvalue weighted by Gasteiger charge is -2.53. The van der Waals surface area contributed by atoms with E-state index in [1.165, 1.54) is 99.8 Å². The molecule has 6 nitrogen and oxygen atoms in total. The highest BCUT2D eigenvalue weighted by atomic mass is 28.3. The summed E-state index contributed by atoms with van der Waals surface area (Å²) >= 11 is 0. The van der Waals surface area contributed by atoms with Crippen molar-refractivity contribution in [2.24, 2.45) is 0 Å². The Morgan fingerprint density at radius 3 is 0.885 bits per heavy atom. The lowest BCUT2D eigenvalue weighted by atomic mass is 10.0. The molecule has 0 N–H and O–H groups in total. The Balaban J connectivity index is 2.69. The van der Waals surface area contributed by atoms with E-state index in [4.69, 9.17) is 0 Å². The minimum Gasteiger partial charge on any atom is -0.377 e. The first-order chi connectivity index (χ1) is 23.9. The van der Waals surface area contributed by atoms with Crippen LogP contribution in [0, 0.1) is 41.5 Å². The second-order valence-electron chi connectivity index (χ2n) is 17.1. The zero-order valence-electron chi connectivity index (χ0n) is 37.0. The average molecular weight is 723 g/mol. The van der Waals surface area contributed by atoms with Crippen molar-refractivity contribution in [3.8, 4) is 0 Å². The zero-order chi connectivity index (χ0) is 39.7. The first-order valence-corrected chi connectivity index (χ1v) is 20.8. The summed E-state index contributed by atoms with van der Waals surface area (Å²) in [6, 6.07) is 7.45. The fourth-order valence-corrected chi connectivity index (χ4v) is 17.8. The highest BCUT2D eigenvalue weighted by Gasteiger charge is 2.61. The van der Waals surface area contributed by atoms with Gasteiger partial charge in [0.25, 0.3) is 0 Å². The third kappa shape index (κ3) is 5.91. The van der Waals surface area contributed by atoms with Crippen molar-refractivity contribution in [3.05, 3.63) is 74.4 Å². The van der Waals surface area contributed by atoms with Crippen LogP contribution in [0.15, 0.2) is 41.0 Å². The molecule has 4 rings (SSSR count). The molecule has 284 valence electrons. The fraction of sp³-hybridized carbons (Fsp3) is 0.511. The Morgan fingerprint density at radius 1 is 0.423 bits per heavy atom. The lowest BCUT2D eigenvalue weighted by molar-refractivity contribution is 0.867. The van der Waals surface area contributed by atoms with Gasteiger partial charge in [0.15, 0.2) is 8.07 Å². The molecule has 1 atom stereocenters. The molecule has 52 heavy (non-hydrogen) atoms. The molecule has 7 heteroatoms. The van der Waals surface area contributed by atoms with E-state index in [-0.39, 0.29) is 5.04 Å². The van der Waals surface area contributed by atoms with Crippen LogP contribution in [0.5, 0.6) is 0 Å². The van der Waals surface area contributed by atoms with Crippen LogP contribution in [0.2, 0.25) is 5.04 Å². The molecular weight excluding hydrogens is 653 g/mol. The van der Waals surface area contributed by atoms with Crippen molar-refractivity contribution in [1.29, 1.82) is 0 Å². The molecule has 0 aromatic heterocycles. The molecule has 3 aromatic carbocycles. The minimum absolute atomic E-state index is 0.314. The van der Waals surface area contributed by atoms with Crippen LogP contribution < -0.4 is 45.0 Å². The van der Waals surface area contributed by atoms with Crippen LogP contribution in [0.1, 0.15) is 61.1 Å². The highest BCUT2D eigenvalue weighted by Crippen LogP contribution is 2.56. The standard InChI is InChI=1S/C45H70N6Si/c1-27-23-36(46(11)12)32(6)39(49(17)18)42(27)52(45(10)26-30(4)31(5)35(45)9,43-28(2)24-37(47(13)14)33(7)40(43)50(19)20)44-29(3)25-38(48(15)16)34(8)41(44)51(21)22/h23-26H,1-22H3. The molecule has 0 heterocycles. The summed E-state index contributed by atoms with van der Waals surface area (Å²) in [5.41, 5.74) is 20.2. The van der Waals surface area contributed by atoms with Crippen LogP contribution in [0.25, 0.3) is 0 Å². The minimum atomic E-state index is -3.30. The fourth-order valence-electron chi connectivity index (χ4n) is 10.0. The number of allylic oxidation sites excluding steroid dienone is 4. The van der Waals surface area contributed by atoms with Gasteiger partial charge in [-0.25, -0.2) is 0 Å². The average Bonchev–Trinajstić information content (AvgIpc) is 3.22. The van der Waals surface area contributed by atoms with Gasteiger partial charge in [0.2, 0.25) is 0 Å². The molecule has 0 spiro atoms. The second kappa shape index (κ2) is 14.2. The quantitative estimate of drug-likeness (QED) is 0.159. The van der Waals surface area contributed by atoms with Gasteiger partial charge in [-0.15, -0.1) is 0 Å². The van der Waals surface area contributed by atoms with E-state index in [9.17, 15) is 0 Å². The van der Waals surface area contributed by atoms with E-state index < -0.39 is 8.07 Å². The van der Waals surface area contributed by atoms with Crippen molar-refractivity contribution in [2.45, 2.75) is 74.3 Å². The Hall–Kier alpha value is -3.84. The van der Waals surface area contributed by atoms with Gasteiger partial charge < -0.3 is 29.4 Å². The van der Waals surface area contributed by atoms with E-state index in [2.05, 4.69) is 207 Å². The molecule has 1 aliphatic carbocycles. The molecule has 0 saturated heterocycles. The number of hydrogen-bond acceptors (Lipinski definition) is 6. The summed E-state index contributed by atoms with van der Waals surface area (Å²) in [4.78, 5) is 14.1. The number of rotatable bonds is 10. The summed E-state index contributed by atoms with van der Waals surface area (Å²) in [6.45, 7) is 24.0. The smallest absolute Gasteiger partial charge is 0.170 e. The van der Waals surface area contributed by atoms with Crippen LogP contribution >= 0.6 is 0 Å². The molecule has 3 aromatic rings. The van der Waals surface area contributed by atoms with Gasteiger partial charge in [-0.2, -0.15) is 0 Å². The number of aryl methyl sites for hydroxylation is 3. The first-order valence-electron chi connectivity index (χ1n) is 18.8. The summed E-state index contributed by atoms with van der Waals surface area (Å²) in [6.07, 6.45) is 2.68. The Bertz CT molecular complexity index is 1780. The molecule has 0 aliphatic heterocycles. The predicted octanol–water partition coefficient (Wildman–Crippen LogP) is 7.46. The summed E-state index contributed by atoms with van der Waals surface area (Å²) in [5, 5.41) is 4.21. The van der Waals surface area contributed by atoms with Crippen LogP contribution in [0.3, 0.4) is 0 Å². The third-order valence-corrected chi connectivity index (χ3v) is 18.5. The van der Waals surface area contributed by atoms with Crippen molar-refractivity contribution in [1.82, 2.24) is 0 Å². The van der Waals surface area contributed by atoms with Crippen molar-refractivity contribution in [3.63, 3.8) is 0 Å². The Morgan fingerprint density at radius 2 is 0.692 bits per heavy atom. The van der Waals surface area contributed by atoms with Crippen molar-refractivity contribution < 1.29 is 0 Å². The number of benzene rings is 3. The number of hydrogen-bond donors (Lipinski definition) is 0. The van der Waals surface area contributed by atoms with Gasteiger partial charge in [-0.1, -0.05) is 24.1 Å². The monoisotopic (exact) mass is 723 g/mol. The van der Waals surface area contributed by atoms with Gasteiger partial charge in [0.05, 0.1) is 0 Å². The highest BCUT2D eigenvalue weighted by molar-refractivity contribution is 7.16. The maximum Gasteiger partial charge on any atom is 0.170 e. The van der Waals surface area contributed by atoms with E-state index in [0.717, 1.165) is 0 Å². The maximum absolute atomic E-state index is 3.30. The molecule has 0 fully saturated rings. The number of nitrogens with zero attached hydrogens (tertiary/aromatic N) is 6. The van der Waals surface area contributed by atoms with Crippen molar-refractivity contribution in [2.75, 3.05) is 114 Å². The molecular formula is C45H70N6Si. The van der Waals surface area contributed by atoms with E-state index in [0.29, 0.717) is 0 Å². The Labute approximate surface area is 319 Å². The molecule has 1 unspecified atom stereocenters. The van der Waals surface area contributed by atoms with E-state index in [1.807, 2.05) is 0 Å². The summed E-state index contributed by atoms with van der Waals surface area (Å²) < 4.78 is 0. The molecule has 1 aliphatic rings. The first kappa shape index (κ1) is 40.9.